The van der Waals surface area contributed by atoms with E-state index in [1.165, 1.54) is 0 Å². The Morgan fingerprint density at radius 3 is 2.46 bits per heavy atom. The van der Waals surface area contributed by atoms with Crippen molar-refractivity contribution < 1.29 is 23.8 Å². The highest BCUT2D eigenvalue weighted by Crippen LogP contribution is 2.34. The monoisotopic (exact) mass is 755 g/mol. The molecule has 14 heteroatoms. The number of carbonyl (C=O) groups excluding carboxylic acids is 2. The number of morpholine rings is 1. The number of fused-ring (bicyclic) bond motifs is 1. The zero-order chi connectivity index (χ0) is 39.0. The van der Waals surface area contributed by atoms with Gasteiger partial charge >= 0.3 is 6.03 Å². The Hall–Kier alpha value is -6.35. The predicted octanol–water partition coefficient (Wildman–Crippen LogP) is 7.16. The molecule has 1 saturated heterocycles. The number of rotatable bonds is 13. The average molecular weight is 756 g/mol. The molecule has 56 heavy (non-hydrogen) atoms. The Bertz CT molecular complexity index is 2280. The molecule has 2 aromatic heterocycles. The Balaban J connectivity index is 0.997. The molecule has 0 spiro atoms. The summed E-state index contributed by atoms with van der Waals surface area (Å²) in [5, 5.41) is 18.5. The van der Waals surface area contributed by atoms with E-state index in [0.717, 1.165) is 27.7 Å². The van der Waals surface area contributed by atoms with E-state index in [1.807, 2.05) is 79.7 Å². The van der Waals surface area contributed by atoms with Gasteiger partial charge in [-0.2, -0.15) is 10.1 Å². The van der Waals surface area contributed by atoms with E-state index in [-0.39, 0.29) is 11.8 Å². The number of amides is 3. The lowest BCUT2D eigenvalue weighted by atomic mass is 10.1. The van der Waals surface area contributed by atoms with Gasteiger partial charge in [-0.15, -0.1) is 0 Å². The lowest BCUT2D eigenvalue weighted by Gasteiger charge is -2.35. The lowest BCUT2D eigenvalue weighted by Crippen LogP contribution is -2.52. The lowest BCUT2D eigenvalue weighted by molar-refractivity contribution is -0.0376. The number of aryl methyl sites for hydroxylation is 1. The number of hydrogen-bond donors (Lipinski definition) is 4. The van der Waals surface area contributed by atoms with Crippen molar-refractivity contribution in [1.29, 1.82) is 0 Å². The topological polar surface area (TPSA) is 157 Å². The summed E-state index contributed by atoms with van der Waals surface area (Å²) in [4.78, 5) is 37.3. The minimum Gasteiger partial charge on any atom is -0.438 e. The quantitative estimate of drug-likeness (QED) is 0.0893. The van der Waals surface area contributed by atoms with Crippen LogP contribution in [0.15, 0.2) is 109 Å². The fourth-order valence-corrected chi connectivity index (χ4v) is 6.31. The average Bonchev–Trinajstić information content (AvgIpc) is 3.63. The number of anilines is 3. The fourth-order valence-electron chi connectivity index (χ4n) is 6.31. The van der Waals surface area contributed by atoms with Crippen molar-refractivity contribution in [2.75, 3.05) is 49.3 Å². The Morgan fingerprint density at radius 1 is 0.929 bits per heavy atom. The Morgan fingerprint density at radius 2 is 1.70 bits per heavy atom. The number of ether oxygens (including phenoxy) is 3. The van der Waals surface area contributed by atoms with Crippen LogP contribution in [0.1, 0.15) is 41.4 Å². The maximum absolute atomic E-state index is 13.4. The third kappa shape index (κ3) is 9.29. The van der Waals surface area contributed by atoms with Crippen molar-refractivity contribution >= 4 is 40.2 Å². The van der Waals surface area contributed by atoms with Gasteiger partial charge in [-0.3, -0.25) is 15.0 Å². The summed E-state index contributed by atoms with van der Waals surface area (Å²) in [6, 6.07) is 31.4. The molecule has 2 atom stereocenters. The van der Waals surface area contributed by atoms with Crippen LogP contribution in [0.5, 0.6) is 11.6 Å². The number of hydrogen-bond acceptors (Lipinski definition) is 10. The molecule has 6 aromatic rings. The van der Waals surface area contributed by atoms with Crippen LogP contribution in [0.25, 0.3) is 16.5 Å². The number of methoxy groups -OCH3 is 1. The third-order valence-electron chi connectivity index (χ3n) is 9.29. The molecule has 1 aliphatic heterocycles. The molecule has 7 rings (SSSR count). The molecule has 1 aliphatic rings. The van der Waals surface area contributed by atoms with E-state index >= 15 is 0 Å². The fraction of sp³-hybridized carbons (Fsp3) is 0.262. The van der Waals surface area contributed by atoms with Gasteiger partial charge in [0.1, 0.15) is 24.0 Å². The molecule has 0 saturated carbocycles. The van der Waals surface area contributed by atoms with Gasteiger partial charge in [0.05, 0.1) is 23.7 Å². The highest BCUT2D eigenvalue weighted by atomic mass is 16.5. The van der Waals surface area contributed by atoms with Crippen molar-refractivity contribution in [2.24, 2.45) is 0 Å². The van der Waals surface area contributed by atoms with Crippen molar-refractivity contribution in [2.45, 2.75) is 39.1 Å². The minimum absolute atomic E-state index is 0.177. The number of carbonyl (C=O) groups is 2. The molecule has 0 radical (unpaired) electrons. The van der Waals surface area contributed by atoms with Gasteiger partial charge in [-0.05, 0) is 49.2 Å². The molecule has 288 valence electrons. The van der Waals surface area contributed by atoms with E-state index in [2.05, 4.69) is 50.0 Å². The van der Waals surface area contributed by atoms with Crippen LogP contribution in [0, 0.1) is 6.92 Å². The van der Waals surface area contributed by atoms with E-state index < -0.39 is 18.5 Å². The van der Waals surface area contributed by atoms with E-state index in [4.69, 9.17) is 19.3 Å². The largest absolute Gasteiger partial charge is 0.438 e. The second-order valence-corrected chi connectivity index (χ2v) is 13.7. The van der Waals surface area contributed by atoms with Gasteiger partial charge < -0.3 is 30.2 Å². The predicted molar refractivity (Wildman–Crippen MR) is 216 cm³/mol. The maximum atomic E-state index is 13.4. The smallest absolute Gasteiger partial charge is 0.324 e. The summed E-state index contributed by atoms with van der Waals surface area (Å²) < 4.78 is 19.6. The van der Waals surface area contributed by atoms with Crippen molar-refractivity contribution in [3.63, 3.8) is 0 Å². The van der Waals surface area contributed by atoms with Crippen LogP contribution < -0.4 is 26.0 Å². The van der Waals surface area contributed by atoms with Gasteiger partial charge in [0, 0.05) is 61.4 Å². The van der Waals surface area contributed by atoms with Gasteiger partial charge in [0.15, 0.2) is 0 Å². The second kappa shape index (κ2) is 17.4. The molecule has 14 nitrogen and oxygen atoms in total. The number of aromatic nitrogens is 4. The summed E-state index contributed by atoms with van der Waals surface area (Å²) in [7, 11) is 1.57. The van der Waals surface area contributed by atoms with Crippen LogP contribution in [-0.4, -0.2) is 82.4 Å². The summed E-state index contributed by atoms with van der Waals surface area (Å²) in [5.41, 5.74) is 4.03. The first-order valence-corrected chi connectivity index (χ1v) is 18.5. The van der Waals surface area contributed by atoms with Gasteiger partial charge in [-0.1, -0.05) is 74.0 Å². The zero-order valence-electron chi connectivity index (χ0n) is 31.7. The number of benzene rings is 4. The van der Waals surface area contributed by atoms with E-state index in [9.17, 15) is 9.59 Å². The SMILES string of the molecule is COC(CN1CCOC(Nc2nccc(Oc3ccc(NC(=O)Nc4cc(C(C)C)nn4-c4ccc(C)cc4)c4ccccc34)n2)C1)NC(=O)c1ccccc1. The molecule has 0 aliphatic carbocycles. The molecule has 4 aromatic carbocycles. The molecule has 0 bridgehead atoms. The molecule has 2 unspecified atom stereocenters. The first-order valence-electron chi connectivity index (χ1n) is 18.5. The van der Waals surface area contributed by atoms with Gasteiger partial charge in [-0.25, -0.2) is 14.5 Å². The van der Waals surface area contributed by atoms with Crippen LogP contribution in [0.2, 0.25) is 0 Å². The highest BCUT2D eigenvalue weighted by molar-refractivity contribution is 6.07. The van der Waals surface area contributed by atoms with Crippen LogP contribution >= 0.6 is 0 Å². The van der Waals surface area contributed by atoms with Crippen molar-refractivity contribution in [3.8, 4) is 17.3 Å². The standard InChI is InChI=1S/C42H45N9O5/c1-27(2)34-24-36(51(49-34)30-16-14-28(3)15-17-30)45-42(53)44-33-18-19-35(32-13-9-8-12-31(32)33)56-37-20-21-43-41(47-37)48-39-26-50(22-23-55-39)25-38(54-4)46-40(52)29-10-6-5-7-11-29/h5-21,24,27,38-39H,22-23,25-26H2,1-4H3,(H,46,52)(H,43,47,48)(H2,44,45,53). The number of nitrogens with one attached hydrogen (secondary N) is 4. The molecular formula is C42H45N9O5. The summed E-state index contributed by atoms with van der Waals surface area (Å²) in [6.45, 7) is 8.27. The van der Waals surface area contributed by atoms with Crippen LogP contribution in [0.4, 0.5) is 22.2 Å². The van der Waals surface area contributed by atoms with Gasteiger partial charge in [0.25, 0.3) is 5.91 Å². The molecule has 3 amide bonds. The third-order valence-corrected chi connectivity index (χ3v) is 9.29. The molecule has 4 N–H and O–H groups in total. The van der Waals surface area contributed by atoms with Crippen LogP contribution in [-0.2, 0) is 9.47 Å². The summed E-state index contributed by atoms with van der Waals surface area (Å²) >= 11 is 0. The van der Waals surface area contributed by atoms with Crippen LogP contribution in [0.3, 0.4) is 0 Å². The summed E-state index contributed by atoms with van der Waals surface area (Å²) in [5.74, 6) is 1.75. The van der Waals surface area contributed by atoms with E-state index in [0.29, 0.717) is 60.9 Å². The number of nitrogens with zero attached hydrogens (tertiary/aromatic N) is 5. The van der Waals surface area contributed by atoms with Gasteiger partial charge in [0.2, 0.25) is 11.8 Å². The molecule has 1 fully saturated rings. The molecule has 3 heterocycles. The first-order chi connectivity index (χ1) is 27.2. The van der Waals surface area contributed by atoms with Crippen molar-refractivity contribution in [3.05, 3.63) is 126 Å². The number of urea groups is 1. The first kappa shape index (κ1) is 37.9. The highest BCUT2D eigenvalue weighted by Gasteiger charge is 2.25. The Kier molecular flexibility index (Phi) is 11.8. The normalized spacial score (nSPS) is 15.0. The zero-order valence-corrected chi connectivity index (χ0v) is 31.7. The second-order valence-electron chi connectivity index (χ2n) is 13.7. The maximum Gasteiger partial charge on any atom is 0.324 e. The minimum atomic E-state index is -0.508. The molecular weight excluding hydrogens is 711 g/mol. The van der Waals surface area contributed by atoms with Crippen molar-refractivity contribution in [1.82, 2.24) is 30.0 Å². The Labute approximate surface area is 325 Å². The van der Waals surface area contributed by atoms with E-state index in [1.54, 1.807) is 48.3 Å². The summed E-state index contributed by atoms with van der Waals surface area (Å²) in [6.07, 6.45) is 0.692.